The van der Waals surface area contributed by atoms with Gasteiger partial charge < -0.3 is 10.1 Å². The molecule has 1 N–H and O–H groups in total. The van der Waals surface area contributed by atoms with Crippen LogP contribution in [0.15, 0.2) is 40.9 Å². The van der Waals surface area contributed by atoms with Gasteiger partial charge in [0.25, 0.3) is 5.91 Å². The van der Waals surface area contributed by atoms with Crippen molar-refractivity contribution < 1.29 is 13.9 Å². The van der Waals surface area contributed by atoms with E-state index in [9.17, 15) is 9.18 Å². The maximum Gasteiger partial charge on any atom is 0.255 e. The van der Waals surface area contributed by atoms with Crippen molar-refractivity contribution in [1.82, 2.24) is 0 Å². The second-order valence-corrected chi connectivity index (χ2v) is 5.36. The van der Waals surface area contributed by atoms with Crippen molar-refractivity contribution in [1.29, 1.82) is 0 Å². The molecule has 2 aromatic carbocycles. The van der Waals surface area contributed by atoms with Crippen LogP contribution in [0.3, 0.4) is 0 Å². The minimum atomic E-state index is -0.363. The molecule has 1 aliphatic heterocycles. The molecule has 0 atom stereocenters. The number of amides is 1. The number of benzene rings is 2. The van der Waals surface area contributed by atoms with Crippen LogP contribution in [-0.2, 0) is 6.42 Å². The van der Waals surface area contributed by atoms with Crippen molar-refractivity contribution in [3.05, 3.63) is 57.8 Å². The predicted octanol–water partition coefficient (Wildman–Crippen LogP) is 3.78. The Bertz CT molecular complexity index is 688. The Morgan fingerprint density at radius 2 is 2.10 bits per heavy atom. The Morgan fingerprint density at radius 3 is 2.90 bits per heavy atom. The van der Waals surface area contributed by atoms with E-state index in [1.165, 1.54) is 18.2 Å². The molecule has 0 saturated heterocycles. The van der Waals surface area contributed by atoms with E-state index in [4.69, 9.17) is 4.74 Å². The highest BCUT2D eigenvalue weighted by Gasteiger charge is 2.15. The Labute approximate surface area is 123 Å². The van der Waals surface area contributed by atoms with Crippen LogP contribution in [0.25, 0.3) is 0 Å². The molecule has 5 heteroatoms. The topological polar surface area (TPSA) is 38.3 Å². The van der Waals surface area contributed by atoms with Gasteiger partial charge in [-0.25, -0.2) is 4.39 Å². The largest absolute Gasteiger partial charge is 0.493 e. The van der Waals surface area contributed by atoms with Crippen LogP contribution in [0, 0.1) is 5.82 Å². The third-order valence-corrected chi connectivity index (χ3v) is 3.74. The van der Waals surface area contributed by atoms with Crippen molar-refractivity contribution in [3.8, 4) is 5.75 Å². The average Bonchev–Trinajstić information content (AvgIpc) is 2.90. The van der Waals surface area contributed by atoms with E-state index in [0.29, 0.717) is 22.3 Å². The molecular formula is C15H11BrFNO2. The minimum absolute atomic E-state index is 0.224. The first-order valence-corrected chi connectivity index (χ1v) is 6.95. The highest BCUT2D eigenvalue weighted by atomic mass is 79.9. The SMILES string of the molecule is O=C(Nc1ccc(F)c(Br)c1)c1ccc2c(c1)CCO2. The number of hydrogen-bond donors (Lipinski definition) is 1. The molecule has 0 unspecified atom stereocenters. The van der Waals surface area contributed by atoms with Gasteiger partial charge in [0.2, 0.25) is 0 Å². The Morgan fingerprint density at radius 1 is 1.25 bits per heavy atom. The summed E-state index contributed by atoms with van der Waals surface area (Å²) in [5.74, 6) is 0.252. The highest BCUT2D eigenvalue weighted by molar-refractivity contribution is 9.10. The summed E-state index contributed by atoms with van der Waals surface area (Å²) >= 11 is 3.09. The van der Waals surface area contributed by atoms with Crippen LogP contribution in [0.5, 0.6) is 5.75 Å². The lowest BCUT2D eigenvalue weighted by atomic mass is 10.1. The molecule has 2 aromatic rings. The second-order valence-electron chi connectivity index (χ2n) is 4.50. The molecule has 20 heavy (non-hydrogen) atoms. The van der Waals surface area contributed by atoms with Crippen LogP contribution in [0.4, 0.5) is 10.1 Å². The third-order valence-electron chi connectivity index (χ3n) is 3.13. The first kappa shape index (κ1) is 13.1. The lowest BCUT2D eigenvalue weighted by Crippen LogP contribution is -2.12. The molecule has 0 fully saturated rings. The van der Waals surface area contributed by atoms with E-state index in [1.807, 2.05) is 6.07 Å². The van der Waals surface area contributed by atoms with Gasteiger partial charge in [-0.3, -0.25) is 4.79 Å². The number of carbonyl (C=O) groups is 1. The molecule has 0 spiro atoms. The fourth-order valence-corrected chi connectivity index (χ4v) is 2.48. The zero-order valence-electron chi connectivity index (χ0n) is 10.5. The fraction of sp³-hybridized carbons (Fsp3) is 0.133. The lowest BCUT2D eigenvalue weighted by molar-refractivity contribution is 0.102. The summed E-state index contributed by atoms with van der Waals surface area (Å²) in [5, 5.41) is 2.74. The summed E-state index contributed by atoms with van der Waals surface area (Å²) < 4.78 is 18.9. The van der Waals surface area contributed by atoms with E-state index in [2.05, 4.69) is 21.2 Å². The van der Waals surface area contributed by atoms with E-state index < -0.39 is 0 Å². The predicted molar refractivity (Wildman–Crippen MR) is 77.7 cm³/mol. The Balaban J connectivity index is 1.80. The second kappa shape index (κ2) is 5.25. The lowest BCUT2D eigenvalue weighted by Gasteiger charge is -2.07. The van der Waals surface area contributed by atoms with Gasteiger partial charge in [-0.05, 0) is 57.9 Å². The molecule has 0 saturated carbocycles. The highest BCUT2D eigenvalue weighted by Crippen LogP contribution is 2.26. The zero-order valence-corrected chi connectivity index (χ0v) is 12.0. The number of nitrogens with one attached hydrogen (secondary N) is 1. The fourth-order valence-electron chi connectivity index (χ4n) is 2.10. The monoisotopic (exact) mass is 335 g/mol. The van der Waals surface area contributed by atoms with Crippen molar-refractivity contribution in [2.45, 2.75) is 6.42 Å². The van der Waals surface area contributed by atoms with Gasteiger partial charge in [0.1, 0.15) is 11.6 Å². The maximum absolute atomic E-state index is 13.1. The van der Waals surface area contributed by atoms with Gasteiger partial charge >= 0.3 is 0 Å². The average molecular weight is 336 g/mol. The first-order chi connectivity index (χ1) is 9.63. The quantitative estimate of drug-likeness (QED) is 0.907. The molecule has 0 aliphatic carbocycles. The van der Waals surface area contributed by atoms with Gasteiger partial charge in [0.05, 0.1) is 11.1 Å². The summed E-state index contributed by atoms with van der Waals surface area (Å²) in [6.45, 7) is 0.658. The molecule has 0 radical (unpaired) electrons. The van der Waals surface area contributed by atoms with Crippen molar-refractivity contribution >= 4 is 27.5 Å². The summed E-state index contributed by atoms with van der Waals surface area (Å²) in [6, 6.07) is 9.71. The molecule has 3 rings (SSSR count). The number of carbonyl (C=O) groups excluding carboxylic acids is 1. The summed E-state index contributed by atoms with van der Waals surface area (Å²) in [7, 11) is 0. The smallest absolute Gasteiger partial charge is 0.255 e. The Hall–Kier alpha value is -1.88. The first-order valence-electron chi connectivity index (χ1n) is 6.15. The van der Waals surface area contributed by atoms with Crippen molar-refractivity contribution in [2.24, 2.45) is 0 Å². The normalized spacial score (nSPS) is 12.7. The summed E-state index contributed by atoms with van der Waals surface area (Å²) in [6.07, 6.45) is 0.818. The minimum Gasteiger partial charge on any atom is -0.493 e. The number of rotatable bonds is 2. The van der Waals surface area contributed by atoms with Crippen molar-refractivity contribution in [2.75, 3.05) is 11.9 Å². The summed E-state index contributed by atoms with van der Waals surface area (Å²) in [5.41, 5.74) is 2.15. The van der Waals surface area contributed by atoms with Gasteiger partial charge in [0, 0.05) is 17.7 Å². The van der Waals surface area contributed by atoms with Crippen LogP contribution in [0.1, 0.15) is 15.9 Å². The number of hydrogen-bond acceptors (Lipinski definition) is 2. The van der Waals surface area contributed by atoms with Gasteiger partial charge in [-0.2, -0.15) is 0 Å². The van der Waals surface area contributed by atoms with Gasteiger partial charge in [-0.15, -0.1) is 0 Å². The van der Waals surface area contributed by atoms with Crippen LogP contribution in [-0.4, -0.2) is 12.5 Å². The number of ether oxygens (including phenoxy) is 1. The molecule has 1 aliphatic rings. The molecule has 1 heterocycles. The molecule has 1 amide bonds. The van der Waals surface area contributed by atoms with E-state index in [1.54, 1.807) is 12.1 Å². The van der Waals surface area contributed by atoms with Gasteiger partial charge in [0.15, 0.2) is 0 Å². The van der Waals surface area contributed by atoms with E-state index >= 15 is 0 Å². The standard InChI is InChI=1S/C15H11BrFNO2/c16-12-8-11(2-3-13(12)17)18-15(19)10-1-4-14-9(7-10)5-6-20-14/h1-4,7-8H,5-6H2,(H,18,19). The van der Waals surface area contributed by atoms with Gasteiger partial charge in [-0.1, -0.05) is 0 Å². The molecule has 102 valence electrons. The van der Waals surface area contributed by atoms with Crippen LogP contribution >= 0.6 is 15.9 Å². The molecule has 0 aromatic heterocycles. The molecule has 0 bridgehead atoms. The van der Waals surface area contributed by atoms with E-state index in [0.717, 1.165) is 17.7 Å². The third kappa shape index (κ3) is 2.54. The number of anilines is 1. The summed E-state index contributed by atoms with van der Waals surface area (Å²) in [4.78, 5) is 12.1. The Kier molecular flexibility index (Phi) is 3.44. The van der Waals surface area contributed by atoms with E-state index in [-0.39, 0.29) is 11.7 Å². The van der Waals surface area contributed by atoms with Crippen LogP contribution in [0.2, 0.25) is 0 Å². The number of fused-ring (bicyclic) bond motifs is 1. The van der Waals surface area contributed by atoms with Crippen LogP contribution < -0.4 is 10.1 Å². The molecule has 3 nitrogen and oxygen atoms in total. The van der Waals surface area contributed by atoms with Crippen molar-refractivity contribution in [3.63, 3.8) is 0 Å². The molecular weight excluding hydrogens is 325 g/mol. The maximum atomic E-state index is 13.1. The zero-order chi connectivity index (χ0) is 14.1. The number of halogens is 2.